The van der Waals surface area contributed by atoms with Crippen LogP contribution in [0.15, 0.2) is 54.9 Å². The van der Waals surface area contributed by atoms with Gasteiger partial charge in [-0.25, -0.2) is 14.0 Å². The minimum atomic E-state index is -0.577. The van der Waals surface area contributed by atoms with Crippen LogP contribution in [-0.2, 0) is 6.54 Å². The monoisotopic (exact) mass is 617 g/mol. The standard InChI is InChI=1S/C32H36FN7O3S/c1-3-34-32(42)39(2)23-11-14-40(15-12-23)19-20-4-8-25(36-18-20)29-17-26-30(44-29)28(10-13-35-26)43-27-9-7-22(16-24(27)33)38-31(41)37-21-5-6-21/h4,7-10,13,16-18,21,23H,3,5-6,11-12,14-15,19H2,1-2H3,(H,34,42)(H2,37,38,41). The van der Waals surface area contributed by atoms with Crippen LogP contribution in [0, 0.1) is 5.82 Å². The normalized spacial score (nSPS) is 15.6. The van der Waals surface area contributed by atoms with Gasteiger partial charge in [-0.1, -0.05) is 6.07 Å². The Morgan fingerprint density at radius 2 is 1.89 bits per heavy atom. The van der Waals surface area contributed by atoms with Crippen LogP contribution in [0.3, 0.4) is 0 Å². The molecule has 0 atom stereocenters. The van der Waals surface area contributed by atoms with Crippen molar-refractivity contribution in [2.24, 2.45) is 0 Å². The number of likely N-dealkylation sites (tertiary alicyclic amines) is 1. The number of anilines is 1. The molecular weight excluding hydrogens is 581 g/mol. The van der Waals surface area contributed by atoms with E-state index in [9.17, 15) is 14.0 Å². The summed E-state index contributed by atoms with van der Waals surface area (Å²) in [6, 6.07) is 12.3. The number of ether oxygens (including phenoxy) is 1. The number of rotatable bonds is 9. The number of urea groups is 2. The zero-order valence-electron chi connectivity index (χ0n) is 24.8. The van der Waals surface area contributed by atoms with Crippen LogP contribution in [0.4, 0.5) is 19.7 Å². The molecule has 4 amide bonds. The lowest BCUT2D eigenvalue weighted by Gasteiger charge is -2.36. The number of fused-ring (bicyclic) bond motifs is 1. The first-order valence-electron chi connectivity index (χ1n) is 15.0. The molecular formula is C32H36FN7O3S. The molecule has 230 valence electrons. The van der Waals surface area contributed by atoms with Gasteiger partial charge in [-0.15, -0.1) is 11.3 Å². The first-order valence-corrected chi connectivity index (χ1v) is 15.8. The number of carbonyl (C=O) groups excluding carboxylic acids is 2. The highest BCUT2D eigenvalue weighted by atomic mass is 32.1. The van der Waals surface area contributed by atoms with Gasteiger partial charge in [0, 0.05) is 75.5 Å². The zero-order valence-corrected chi connectivity index (χ0v) is 25.6. The molecule has 2 fully saturated rings. The fourth-order valence-electron chi connectivity index (χ4n) is 5.31. The number of benzene rings is 1. The quantitative estimate of drug-likeness (QED) is 0.206. The van der Waals surface area contributed by atoms with Gasteiger partial charge in [0.15, 0.2) is 11.6 Å². The van der Waals surface area contributed by atoms with Crippen molar-refractivity contribution >= 4 is 39.3 Å². The van der Waals surface area contributed by atoms with Crippen molar-refractivity contribution in [3.63, 3.8) is 0 Å². The molecule has 12 heteroatoms. The summed E-state index contributed by atoms with van der Waals surface area (Å²) in [5.41, 5.74) is 3.06. The Morgan fingerprint density at radius 1 is 1.07 bits per heavy atom. The van der Waals surface area contributed by atoms with Gasteiger partial charge in [0.1, 0.15) is 5.75 Å². The van der Waals surface area contributed by atoms with Crippen LogP contribution in [0.25, 0.3) is 20.8 Å². The predicted molar refractivity (Wildman–Crippen MR) is 170 cm³/mol. The maximum absolute atomic E-state index is 14.9. The number of hydrogen-bond acceptors (Lipinski definition) is 7. The van der Waals surface area contributed by atoms with Crippen LogP contribution >= 0.6 is 11.3 Å². The van der Waals surface area contributed by atoms with Gasteiger partial charge in [0.05, 0.1) is 20.8 Å². The summed E-state index contributed by atoms with van der Waals surface area (Å²) in [5, 5.41) is 8.35. The zero-order chi connectivity index (χ0) is 30.6. The van der Waals surface area contributed by atoms with Gasteiger partial charge >= 0.3 is 12.1 Å². The fourth-order valence-corrected chi connectivity index (χ4v) is 6.35. The van der Waals surface area contributed by atoms with Crippen molar-refractivity contribution in [1.29, 1.82) is 0 Å². The van der Waals surface area contributed by atoms with Gasteiger partial charge < -0.3 is 25.6 Å². The molecule has 0 radical (unpaired) electrons. The van der Waals surface area contributed by atoms with Gasteiger partial charge in [-0.3, -0.25) is 14.9 Å². The third kappa shape index (κ3) is 7.08. The smallest absolute Gasteiger partial charge is 0.319 e. The van der Waals surface area contributed by atoms with E-state index in [0.717, 1.165) is 71.7 Å². The number of thiophene rings is 1. The summed E-state index contributed by atoms with van der Waals surface area (Å²) < 4.78 is 21.7. The highest BCUT2D eigenvalue weighted by molar-refractivity contribution is 7.22. The lowest BCUT2D eigenvalue weighted by molar-refractivity contribution is 0.131. The molecule has 6 rings (SSSR count). The van der Waals surface area contributed by atoms with E-state index in [0.29, 0.717) is 18.0 Å². The van der Waals surface area contributed by atoms with E-state index in [1.54, 1.807) is 18.3 Å². The number of nitrogens with one attached hydrogen (secondary N) is 3. The van der Waals surface area contributed by atoms with Crippen molar-refractivity contribution in [1.82, 2.24) is 30.4 Å². The molecule has 10 nitrogen and oxygen atoms in total. The van der Waals surface area contributed by atoms with Crippen LogP contribution in [-0.4, -0.2) is 70.6 Å². The molecule has 1 aromatic carbocycles. The number of piperidine rings is 1. The van der Waals surface area contributed by atoms with Gasteiger partial charge in [-0.2, -0.15) is 0 Å². The number of halogens is 1. The summed E-state index contributed by atoms with van der Waals surface area (Å²) in [5.74, 6) is -0.0235. The summed E-state index contributed by atoms with van der Waals surface area (Å²) >= 11 is 1.49. The Labute approximate surface area is 259 Å². The molecule has 2 aliphatic rings. The highest BCUT2D eigenvalue weighted by Gasteiger charge is 2.25. The number of hydrogen-bond donors (Lipinski definition) is 3. The van der Waals surface area contributed by atoms with Crippen LogP contribution < -0.4 is 20.7 Å². The third-order valence-corrected chi connectivity index (χ3v) is 9.10. The first kappa shape index (κ1) is 29.8. The summed E-state index contributed by atoms with van der Waals surface area (Å²) in [6.07, 6.45) is 7.38. The number of nitrogens with zero attached hydrogens (tertiary/aromatic N) is 4. The van der Waals surface area contributed by atoms with E-state index in [2.05, 4.69) is 31.9 Å². The number of aromatic nitrogens is 2. The summed E-state index contributed by atoms with van der Waals surface area (Å²) in [4.78, 5) is 38.5. The van der Waals surface area contributed by atoms with Crippen molar-refractivity contribution in [2.75, 3.05) is 32.0 Å². The van der Waals surface area contributed by atoms with Gasteiger partial charge in [0.25, 0.3) is 0 Å². The molecule has 1 saturated carbocycles. The van der Waals surface area contributed by atoms with Crippen molar-refractivity contribution in [3.05, 3.63) is 66.2 Å². The van der Waals surface area contributed by atoms with E-state index in [4.69, 9.17) is 9.72 Å². The molecule has 1 aliphatic carbocycles. The van der Waals surface area contributed by atoms with Crippen molar-refractivity contribution in [3.8, 4) is 22.1 Å². The minimum Gasteiger partial charge on any atom is -0.453 e. The molecule has 4 aromatic rings. The molecule has 44 heavy (non-hydrogen) atoms. The largest absolute Gasteiger partial charge is 0.453 e. The molecule has 0 unspecified atom stereocenters. The van der Waals surface area contributed by atoms with E-state index in [-0.39, 0.29) is 29.9 Å². The Hall–Kier alpha value is -4.29. The lowest BCUT2D eigenvalue weighted by atomic mass is 10.0. The average molecular weight is 618 g/mol. The maximum atomic E-state index is 14.9. The van der Waals surface area contributed by atoms with E-state index < -0.39 is 5.82 Å². The SMILES string of the molecule is CCNC(=O)N(C)C1CCN(Cc2ccc(-c3cc4nccc(Oc5ccc(NC(=O)NC6CC6)cc5F)c4s3)nc2)CC1. The number of carbonyl (C=O) groups is 2. The number of amides is 4. The molecule has 0 spiro atoms. The second kappa shape index (κ2) is 13.1. The lowest BCUT2D eigenvalue weighted by Crippen LogP contribution is -2.48. The van der Waals surface area contributed by atoms with Crippen LogP contribution in [0.2, 0.25) is 0 Å². The summed E-state index contributed by atoms with van der Waals surface area (Å²) in [6.45, 7) is 5.22. The van der Waals surface area contributed by atoms with Crippen LogP contribution in [0.1, 0.15) is 38.2 Å². The minimum absolute atomic E-state index is 0.00874. The second-order valence-corrected chi connectivity index (χ2v) is 12.3. The Kier molecular flexibility index (Phi) is 8.89. The highest BCUT2D eigenvalue weighted by Crippen LogP contribution is 2.39. The van der Waals surface area contributed by atoms with Crippen molar-refractivity contribution < 1.29 is 18.7 Å². The maximum Gasteiger partial charge on any atom is 0.319 e. The fraction of sp³-hybridized carbons (Fsp3) is 0.375. The van der Waals surface area contributed by atoms with Crippen LogP contribution in [0.5, 0.6) is 11.5 Å². The molecule has 3 aromatic heterocycles. The third-order valence-electron chi connectivity index (χ3n) is 7.93. The average Bonchev–Trinajstić information content (AvgIpc) is 3.72. The Bertz CT molecular complexity index is 1630. The second-order valence-electron chi connectivity index (χ2n) is 11.3. The predicted octanol–water partition coefficient (Wildman–Crippen LogP) is 6.20. The van der Waals surface area contributed by atoms with E-state index >= 15 is 0 Å². The Balaban J connectivity index is 1.08. The summed E-state index contributed by atoms with van der Waals surface area (Å²) in [7, 11) is 1.87. The van der Waals surface area contributed by atoms with Gasteiger partial charge in [0.2, 0.25) is 0 Å². The topological polar surface area (TPSA) is 112 Å². The van der Waals surface area contributed by atoms with Crippen molar-refractivity contribution in [2.45, 2.75) is 51.2 Å². The molecule has 1 aliphatic heterocycles. The van der Waals surface area contributed by atoms with Gasteiger partial charge in [-0.05, 0) is 62.4 Å². The molecule has 3 N–H and O–H groups in total. The molecule has 1 saturated heterocycles. The number of pyridine rings is 2. The van der Waals surface area contributed by atoms with E-state index in [1.165, 1.54) is 23.5 Å². The van der Waals surface area contributed by atoms with E-state index in [1.807, 2.05) is 37.2 Å². The molecule has 4 heterocycles. The Morgan fingerprint density at radius 3 is 2.59 bits per heavy atom. The first-order chi connectivity index (χ1) is 21.4. The molecule has 0 bridgehead atoms.